The summed E-state index contributed by atoms with van der Waals surface area (Å²) in [6.45, 7) is 3.71. The maximum Gasteiger partial charge on any atom is 0.176 e. The summed E-state index contributed by atoms with van der Waals surface area (Å²) < 4.78 is 0. The molecule has 0 amide bonds. The molecule has 0 aliphatic rings. The summed E-state index contributed by atoms with van der Waals surface area (Å²) in [6.07, 6.45) is 0. The predicted molar refractivity (Wildman–Crippen MR) is 58.9 cm³/mol. The van der Waals surface area contributed by atoms with Crippen molar-refractivity contribution in [3.05, 3.63) is 34.3 Å². The molecule has 1 rings (SSSR count). The van der Waals surface area contributed by atoms with E-state index >= 15 is 0 Å². The molecule has 0 radical (unpaired) electrons. The number of halogens is 2. The lowest BCUT2D eigenvalue weighted by Gasteiger charge is -2.04. The number of benzene rings is 1. The fraction of sp³-hybridized carbons (Fsp3) is 0.300. The molecular weight excluding hydrogens is 251 g/mol. The summed E-state index contributed by atoms with van der Waals surface area (Å²) in [5.74, 6) is 0.0573. The highest BCUT2D eigenvalue weighted by atomic mass is 79.9. The maximum absolute atomic E-state index is 11.5. The molecule has 0 N–H and O–H groups in total. The lowest BCUT2D eigenvalue weighted by molar-refractivity contribution is 0.0996. The van der Waals surface area contributed by atoms with Gasteiger partial charge in [0.05, 0.1) is 4.83 Å². The van der Waals surface area contributed by atoms with Crippen LogP contribution in [0.4, 0.5) is 0 Å². The largest absolute Gasteiger partial charge is 0.293 e. The molecule has 0 fully saturated rings. The Kier molecular flexibility index (Phi) is 3.51. The third-order valence-electron chi connectivity index (χ3n) is 1.82. The molecule has 0 saturated carbocycles. The van der Waals surface area contributed by atoms with Crippen molar-refractivity contribution < 1.29 is 4.79 Å². The number of ketones is 1. The molecular formula is C10H10BrClO. The number of hydrogen-bond acceptors (Lipinski definition) is 1. The van der Waals surface area contributed by atoms with Crippen molar-refractivity contribution in [3.8, 4) is 0 Å². The molecule has 1 aromatic rings. The molecule has 0 heterocycles. The minimum Gasteiger partial charge on any atom is -0.293 e. The van der Waals surface area contributed by atoms with Crippen LogP contribution in [0.2, 0.25) is 5.02 Å². The molecule has 0 unspecified atom stereocenters. The zero-order valence-electron chi connectivity index (χ0n) is 7.47. The summed E-state index contributed by atoms with van der Waals surface area (Å²) >= 11 is 9.12. The second kappa shape index (κ2) is 4.25. The van der Waals surface area contributed by atoms with Gasteiger partial charge in [0.15, 0.2) is 5.78 Å². The molecule has 3 heteroatoms. The van der Waals surface area contributed by atoms with Crippen molar-refractivity contribution in [3.63, 3.8) is 0 Å². The van der Waals surface area contributed by atoms with Gasteiger partial charge in [-0.05, 0) is 25.5 Å². The molecule has 0 spiro atoms. The van der Waals surface area contributed by atoms with Gasteiger partial charge in [-0.3, -0.25) is 4.79 Å². The first kappa shape index (κ1) is 10.7. The summed E-state index contributed by atoms with van der Waals surface area (Å²) in [4.78, 5) is 11.3. The lowest BCUT2D eigenvalue weighted by atomic mass is 10.1. The summed E-state index contributed by atoms with van der Waals surface area (Å²) in [5, 5.41) is 0.638. The maximum atomic E-state index is 11.5. The van der Waals surface area contributed by atoms with Crippen LogP contribution in [0.15, 0.2) is 18.2 Å². The monoisotopic (exact) mass is 260 g/mol. The zero-order chi connectivity index (χ0) is 10.0. The summed E-state index contributed by atoms with van der Waals surface area (Å²) in [5.41, 5.74) is 1.64. The minimum absolute atomic E-state index is 0.0573. The van der Waals surface area contributed by atoms with Crippen LogP contribution in [0, 0.1) is 6.92 Å². The third kappa shape index (κ3) is 2.55. The summed E-state index contributed by atoms with van der Waals surface area (Å²) in [7, 11) is 0. The van der Waals surface area contributed by atoms with Crippen LogP contribution in [0.5, 0.6) is 0 Å². The van der Waals surface area contributed by atoms with Crippen molar-refractivity contribution in [2.24, 2.45) is 0 Å². The lowest BCUT2D eigenvalue weighted by Crippen LogP contribution is -2.09. The molecule has 0 aliphatic carbocycles. The van der Waals surface area contributed by atoms with Crippen molar-refractivity contribution in [1.82, 2.24) is 0 Å². The van der Waals surface area contributed by atoms with E-state index in [0.717, 1.165) is 5.56 Å². The number of aryl methyl sites for hydroxylation is 1. The summed E-state index contributed by atoms with van der Waals surface area (Å²) in [6, 6.07) is 5.35. The zero-order valence-corrected chi connectivity index (χ0v) is 9.82. The Hall–Kier alpha value is -0.340. The molecule has 13 heavy (non-hydrogen) atoms. The molecule has 0 aromatic heterocycles. The highest BCUT2D eigenvalue weighted by Gasteiger charge is 2.12. The SMILES string of the molecule is Cc1ccc(C(=O)[C@H](C)Br)cc1Cl. The normalized spacial score (nSPS) is 12.6. The smallest absolute Gasteiger partial charge is 0.176 e. The van der Waals surface area contributed by atoms with Crippen molar-refractivity contribution in [1.29, 1.82) is 0 Å². The average molecular weight is 262 g/mol. The highest BCUT2D eigenvalue weighted by molar-refractivity contribution is 9.10. The number of rotatable bonds is 2. The van der Waals surface area contributed by atoms with E-state index in [9.17, 15) is 4.79 Å². The molecule has 1 nitrogen and oxygen atoms in total. The van der Waals surface area contributed by atoms with E-state index < -0.39 is 0 Å². The third-order valence-corrected chi connectivity index (χ3v) is 2.64. The predicted octanol–water partition coefficient (Wildman–Crippen LogP) is 3.61. The molecule has 0 aliphatic heterocycles. The topological polar surface area (TPSA) is 17.1 Å². The van der Waals surface area contributed by atoms with E-state index in [-0.39, 0.29) is 10.6 Å². The minimum atomic E-state index is -0.161. The second-order valence-electron chi connectivity index (χ2n) is 2.94. The molecule has 0 saturated heterocycles. The standard InChI is InChI=1S/C10H10BrClO/c1-6-3-4-8(5-9(6)12)10(13)7(2)11/h3-5,7H,1-2H3/t7-/m0/s1. The number of alkyl halides is 1. The molecule has 70 valence electrons. The van der Waals surface area contributed by atoms with Crippen LogP contribution >= 0.6 is 27.5 Å². The Balaban J connectivity index is 3.04. The first-order valence-corrected chi connectivity index (χ1v) is 5.26. The van der Waals surface area contributed by atoms with Gasteiger partial charge in [-0.1, -0.05) is 39.7 Å². The van der Waals surface area contributed by atoms with E-state index in [1.807, 2.05) is 13.0 Å². The number of carbonyl (C=O) groups excluding carboxylic acids is 1. The van der Waals surface area contributed by atoms with Crippen molar-refractivity contribution in [2.45, 2.75) is 18.7 Å². The van der Waals surface area contributed by atoms with Gasteiger partial charge >= 0.3 is 0 Å². The van der Waals surface area contributed by atoms with Gasteiger partial charge in [0.1, 0.15) is 0 Å². The first-order chi connectivity index (χ1) is 6.02. The van der Waals surface area contributed by atoms with Crippen LogP contribution in [0.1, 0.15) is 22.8 Å². The van der Waals surface area contributed by atoms with E-state index in [2.05, 4.69) is 15.9 Å². The van der Waals surface area contributed by atoms with Crippen molar-refractivity contribution in [2.75, 3.05) is 0 Å². The van der Waals surface area contributed by atoms with Crippen LogP contribution in [0.25, 0.3) is 0 Å². The number of Topliss-reactive ketones (excluding diaryl/α,β-unsaturated/α-hetero) is 1. The van der Waals surface area contributed by atoms with Gasteiger partial charge in [-0.25, -0.2) is 0 Å². The Bertz CT molecular complexity index is 334. The molecule has 0 bridgehead atoms. The van der Waals surface area contributed by atoms with Gasteiger partial charge in [0.25, 0.3) is 0 Å². The van der Waals surface area contributed by atoms with E-state index in [1.54, 1.807) is 19.1 Å². The van der Waals surface area contributed by atoms with Crippen molar-refractivity contribution >= 4 is 33.3 Å². The fourth-order valence-electron chi connectivity index (χ4n) is 0.976. The molecule has 1 aromatic carbocycles. The first-order valence-electron chi connectivity index (χ1n) is 3.97. The average Bonchev–Trinajstić information content (AvgIpc) is 2.08. The van der Waals surface area contributed by atoms with Crippen LogP contribution in [-0.2, 0) is 0 Å². The number of carbonyl (C=O) groups is 1. The van der Waals surface area contributed by atoms with Gasteiger partial charge in [0, 0.05) is 10.6 Å². The fourth-order valence-corrected chi connectivity index (χ4v) is 1.42. The van der Waals surface area contributed by atoms with Gasteiger partial charge < -0.3 is 0 Å². The van der Waals surface area contributed by atoms with Crippen LogP contribution in [-0.4, -0.2) is 10.6 Å². The Morgan fingerprint density at radius 3 is 2.62 bits per heavy atom. The van der Waals surface area contributed by atoms with Crippen LogP contribution < -0.4 is 0 Å². The van der Waals surface area contributed by atoms with Crippen LogP contribution in [0.3, 0.4) is 0 Å². The second-order valence-corrected chi connectivity index (χ2v) is 4.72. The molecule has 1 atom stereocenters. The van der Waals surface area contributed by atoms with E-state index in [1.165, 1.54) is 0 Å². The van der Waals surface area contributed by atoms with E-state index in [4.69, 9.17) is 11.6 Å². The Labute approximate surface area is 91.2 Å². The Morgan fingerprint density at radius 1 is 1.54 bits per heavy atom. The van der Waals surface area contributed by atoms with Gasteiger partial charge in [-0.15, -0.1) is 0 Å². The highest BCUT2D eigenvalue weighted by Crippen LogP contribution is 2.18. The number of hydrogen-bond donors (Lipinski definition) is 0. The van der Waals surface area contributed by atoms with E-state index in [0.29, 0.717) is 10.6 Å². The van der Waals surface area contributed by atoms with Gasteiger partial charge in [0.2, 0.25) is 0 Å². The van der Waals surface area contributed by atoms with Gasteiger partial charge in [-0.2, -0.15) is 0 Å². The quantitative estimate of drug-likeness (QED) is 0.587. The Morgan fingerprint density at radius 2 is 2.15 bits per heavy atom.